The zero-order chi connectivity index (χ0) is 12.7. The lowest BCUT2D eigenvalue weighted by molar-refractivity contribution is 0.0699. The topological polar surface area (TPSA) is 72.2 Å². The molecule has 0 radical (unpaired) electrons. The number of hydrogen-bond donors (Lipinski definition) is 1. The van der Waals surface area contributed by atoms with Gasteiger partial charge in [0.15, 0.2) is 0 Å². The number of thiophene rings is 1. The third-order valence-electron chi connectivity index (χ3n) is 2.56. The van der Waals surface area contributed by atoms with E-state index in [1.54, 1.807) is 6.92 Å². The number of fused-ring (bicyclic) bond motifs is 1. The van der Waals surface area contributed by atoms with Gasteiger partial charge in [0.05, 0.1) is 10.9 Å². The van der Waals surface area contributed by atoms with Crippen molar-refractivity contribution in [2.75, 3.05) is 0 Å². The Labute approximate surface area is 101 Å². The highest BCUT2D eigenvalue weighted by molar-refractivity contribution is 7.17. The fourth-order valence-corrected chi connectivity index (χ4v) is 2.82. The van der Waals surface area contributed by atoms with Crippen molar-refractivity contribution in [2.24, 2.45) is 0 Å². The molecule has 0 amide bonds. The van der Waals surface area contributed by atoms with Crippen molar-refractivity contribution < 1.29 is 9.90 Å². The Hall–Kier alpha value is -1.69. The van der Waals surface area contributed by atoms with E-state index in [2.05, 4.69) is 4.98 Å². The Bertz CT molecular complexity index is 655. The number of aromatic carboxylic acids is 1. The van der Waals surface area contributed by atoms with E-state index >= 15 is 0 Å². The molecule has 2 rings (SSSR count). The summed E-state index contributed by atoms with van der Waals surface area (Å²) in [6, 6.07) is -0.0408. The van der Waals surface area contributed by atoms with Gasteiger partial charge in [0.1, 0.15) is 10.7 Å². The van der Waals surface area contributed by atoms with E-state index < -0.39 is 5.97 Å². The zero-order valence-corrected chi connectivity index (χ0v) is 10.5. The summed E-state index contributed by atoms with van der Waals surface area (Å²) in [6.45, 7) is 5.49. The fraction of sp³-hybridized carbons (Fsp3) is 0.364. The van der Waals surface area contributed by atoms with E-state index in [1.165, 1.54) is 21.3 Å². The van der Waals surface area contributed by atoms with Crippen LogP contribution in [0.15, 0.2) is 10.2 Å². The molecular weight excluding hydrogens is 240 g/mol. The van der Waals surface area contributed by atoms with Crippen LogP contribution in [0.1, 0.15) is 36.1 Å². The summed E-state index contributed by atoms with van der Waals surface area (Å²) in [5.41, 5.74) is -0.238. The third kappa shape index (κ3) is 1.74. The van der Waals surface area contributed by atoms with Gasteiger partial charge in [-0.05, 0) is 20.8 Å². The number of carboxylic acid groups (broad SMARTS) is 1. The van der Waals surface area contributed by atoms with Gasteiger partial charge in [-0.1, -0.05) is 0 Å². The van der Waals surface area contributed by atoms with Gasteiger partial charge in [-0.25, -0.2) is 9.78 Å². The van der Waals surface area contributed by atoms with Crippen LogP contribution >= 0.6 is 11.3 Å². The molecule has 5 nitrogen and oxygen atoms in total. The number of carboxylic acids is 1. The van der Waals surface area contributed by atoms with Gasteiger partial charge in [0.2, 0.25) is 0 Å². The van der Waals surface area contributed by atoms with Gasteiger partial charge >= 0.3 is 5.97 Å². The molecule has 2 heterocycles. The van der Waals surface area contributed by atoms with Crippen LogP contribution in [0.3, 0.4) is 0 Å². The molecule has 2 aromatic heterocycles. The Kier molecular flexibility index (Phi) is 2.74. The van der Waals surface area contributed by atoms with Crippen molar-refractivity contribution >= 4 is 27.5 Å². The highest BCUT2D eigenvalue weighted by atomic mass is 32.1. The van der Waals surface area contributed by atoms with Crippen LogP contribution in [0.25, 0.3) is 10.2 Å². The minimum absolute atomic E-state index is 0.0388. The lowest BCUT2D eigenvalue weighted by Gasteiger charge is -2.12. The molecule has 0 saturated heterocycles. The van der Waals surface area contributed by atoms with Crippen LogP contribution in [0.2, 0.25) is 0 Å². The Morgan fingerprint density at radius 1 is 1.53 bits per heavy atom. The lowest BCUT2D eigenvalue weighted by Crippen LogP contribution is -2.26. The second kappa shape index (κ2) is 3.96. The molecule has 0 bridgehead atoms. The summed E-state index contributed by atoms with van der Waals surface area (Å²) < 4.78 is 1.52. The average Bonchev–Trinajstić information content (AvgIpc) is 2.60. The maximum Gasteiger partial charge on any atom is 0.337 e. The molecule has 1 N–H and O–H groups in total. The maximum absolute atomic E-state index is 12.2. The third-order valence-corrected chi connectivity index (χ3v) is 3.44. The Balaban J connectivity index is 2.93. The summed E-state index contributed by atoms with van der Waals surface area (Å²) >= 11 is 1.19. The fourth-order valence-electron chi connectivity index (χ4n) is 1.87. The van der Waals surface area contributed by atoms with Crippen molar-refractivity contribution in [3.05, 3.63) is 27.1 Å². The molecule has 2 aromatic rings. The van der Waals surface area contributed by atoms with Crippen molar-refractivity contribution in [3.8, 4) is 0 Å². The van der Waals surface area contributed by atoms with E-state index in [1.807, 2.05) is 13.8 Å². The first kappa shape index (κ1) is 11.8. The van der Waals surface area contributed by atoms with Crippen LogP contribution < -0.4 is 5.56 Å². The lowest BCUT2D eigenvalue weighted by atomic mass is 10.2. The monoisotopic (exact) mass is 252 g/mol. The van der Waals surface area contributed by atoms with Crippen molar-refractivity contribution in [2.45, 2.75) is 26.8 Å². The van der Waals surface area contributed by atoms with Crippen LogP contribution in [-0.2, 0) is 0 Å². The molecule has 0 spiro atoms. The molecule has 0 unspecified atom stereocenters. The van der Waals surface area contributed by atoms with Gasteiger partial charge < -0.3 is 5.11 Å². The van der Waals surface area contributed by atoms with E-state index in [4.69, 9.17) is 5.11 Å². The van der Waals surface area contributed by atoms with Crippen molar-refractivity contribution in [1.82, 2.24) is 9.55 Å². The predicted molar refractivity (Wildman–Crippen MR) is 66.0 cm³/mol. The quantitative estimate of drug-likeness (QED) is 0.887. The second-order valence-electron chi connectivity index (χ2n) is 4.06. The molecule has 0 aliphatic heterocycles. The summed E-state index contributed by atoms with van der Waals surface area (Å²) in [5.74, 6) is -0.481. The molecule has 0 aromatic carbocycles. The van der Waals surface area contributed by atoms with Gasteiger partial charge in [0.25, 0.3) is 5.56 Å². The van der Waals surface area contributed by atoms with Crippen LogP contribution in [0.5, 0.6) is 0 Å². The summed E-state index contributed by atoms with van der Waals surface area (Å²) in [4.78, 5) is 28.0. The van der Waals surface area contributed by atoms with E-state index in [0.29, 0.717) is 10.7 Å². The number of aryl methyl sites for hydroxylation is 1. The van der Waals surface area contributed by atoms with Gasteiger partial charge in [-0.15, -0.1) is 11.3 Å². The SMILES string of the molecule is Cc1nc2scc(C(=O)O)c2c(=O)n1C(C)C. The molecular formula is C11H12N2O3S. The first-order chi connectivity index (χ1) is 7.93. The van der Waals surface area contributed by atoms with Crippen molar-refractivity contribution in [3.63, 3.8) is 0 Å². The minimum atomic E-state index is -1.09. The maximum atomic E-state index is 12.2. The molecule has 0 fully saturated rings. The van der Waals surface area contributed by atoms with Gasteiger partial charge in [0, 0.05) is 11.4 Å². The summed E-state index contributed by atoms with van der Waals surface area (Å²) in [5, 5.41) is 10.7. The molecule has 17 heavy (non-hydrogen) atoms. The molecule has 90 valence electrons. The number of carbonyl (C=O) groups is 1. The number of aromatic nitrogens is 2. The van der Waals surface area contributed by atoms with Gasteiger partial charge in [-0.2, -0.15) is 0 Å². The van der Waals surface area contributed by atoms with Crippen LogP contribution in [-0.4, -0.2) is 20.6 Å². The van der Waals surface area contributed by atoms with E-state index in [-0.39, 0.29) is 22.6 Å². The first-order valence-electron chi connectivity index (χ1n) is 5.17. The number of rotatable bonds is 2. The highest BCUT2D eigenvalue weighted by Crippen LogP contribution is 2.22. The van der Waals surface area contributed by atoms with E-state index in [9.17, 15) is 9.59 Å². The number of hydrogen-bond acceptors (Lipinski definition) is 4. The Morgan fingerprint density at radius 2 is 2.18 bits per heavy atom. The van der Waals surface area contributed by atoms with Crippen LogP contribution in [0, 0.1) is 6.92 Å². The summed E-state index contributed by atoms with van der Waals surface area (Å²) in [7, 11) is 0. The van der Waals surface area contributed by atoms with Gasteiger partial charge in [-0.3, -0.25) is 9.36 Å². The first-order valence-corrected chi connectivity index (χ1v) is 6.05. The number of nitrogens with zero attached hydrogens (tertiary/aromatic N) is 2. The standard InChI is InChI=1S/C11H12N2O3S/c1-5(2)13-6(3)12-9-8(10(13)14)7(4-17-9)11(15)16/h4-5H,1-3H3,(H,15,16). The van der Waals surface area contributed by atoms with E-state index in [0.717, 1.165) is 0 Å². The minimum Gasteiger partial charge on any atom is -0.478 e. The predicted octanol–water partition coefficient (Wildman–Crippen LogP) is 2.05. The smallest absolute Gasteiger partial charge is 0.337 e. The Morgan fingerprint density at radius 3 is 2.71 bits per heavy atom. The normalized spacial score (nSPS) is 11.3. The molecule has 0 aliphatic rings. The zero-order valence-electron chi connectivity index (χ0n) is 9.72. The molecule has 0 saturated carbocycles. The summed E-state index contributed by atoms with van der Waals surface area (Å²) in [6.07, 6.45) is 0. The van der Waals surface area contributed by atoms with Crippen LogP contribution in [0.4, 0.5) is 0 Å². The highest BCUT2D eigenvalue weighted by Gasteiger charge is 2.18. The largest absolute Gasteiger partial charge is 0.478 e. The molecule has 6 heteroatoms. The molecule has 0 atom stereocenters. The average molecular weight is 252 g/mol. The second-order valence-corrected chi connectivity index (χ2v) is 4.92. The van der Waals surface area contributed by atoms with Crippen molar-refractivity contribution in [1.29, 1.82) is 0 Å². The molecule has 0 aliphatic carbocycles.